The first-order valence-electron chi connectivity index (χ1n) is 22.9. The van der Waals surface area contributed by atoms with Crippen LogP contribution in [0.4, 0.5) is 0 Å². The van der Waals surface area contributed by atoms with Crippen LogP contribution in [0, 0.1) is 63.6 Å². The van der Waals surface area contributed by atoms with Gasteiger partial charge in [-0.2, -0.15) is 0 Å². The number of rotatable bonds is 15. The van der Waals surface area contributed by atoms with Gasteiger partial charge in [0, 0.05) is 25.0 Å². The average Bonchev–Trinajstić information content (AvgIpc) is 3.99. The molecular formula is C46H75N3O4. The highest BCUT2D eigenvalue weighted by Gasteiger charge is 2.86. The zero-order valence-electron chi connectivity index (χ0n) is 34.1. The predicted octanol–water partition coefficient (Wildman–Crippen LogP) is 8.17. The van der Waals surface area contributed by atoms with Crippen LogP contribution in [0.2, 0.25) is 0 Å². The highest BCUT2D eigenvalue weighted by atomic mass is 16.5. The molecule has 0 spiro atoms. The molecule has 3 aliphatic heterocycles. The van der Waals surface area contributed by atoms with Crippen molar-refractivity contribution >= 4 is 12.3 Å². The summed E-state index contributed by atoms with van der Waals surface area (Å²) in [6.45, 7) is 19.8. The van der Waals surface area contributed by atoms with Crippen molar-refractivity contribution in [3.63, 3.8) is 0 Å². The molecular weight excluding hydrogens is 659 g/mol. The molecule has 8 rings (SSSR count). The molecule has 4 saturated carbocycles. The normalized spacial score (nSPS) is 42.2. The fourth-order valence-corrected chi connectivity index (χ4v) is 15.1. The molecule has 3 heterocycles. The second kappa shape index (κ2) is 15.6. The zero-order chi connectivity index (χ0) is 37.0. The molecule has 7 heteroatoms. The van der Waals surface area contributed by atoms with Crippen molar-refractivity contribution in [2.45, 2.75) is 143 Å². The van der Waals surface area contributed by atoms with Crippen LogP contribution < -0.4 is 0 Å². The molecule has 1 N–H and O–H groups in total. The molecule has 3 saturated heterocycles. The molecule has 0 radical (unpaired) electrons. The number of carbonyl (C=O) groups excluding carboxylic acids is 1. The zero-order valence-corrected chi connectivity index (χ0v) is 34.1. The van der Waals surface area contributed by atoms with Gasteiger partial charge in [-0.15, -0.1) is 0 Å². The van der Waals surface area contributed by atoms with Gasteiger partial charge in [0.25, 0.3) is 0 Å². The van der Waals surface area contributed by atoms with Crippen molar-refractivity contribution in [1.82, 2.24) is 14.7 Å². The minimum atomic E-state index is -1.14. The number of carboxylic acids is 1. The first kappa shape index (κ1) is 38.6. The van der Waals surface area contributed by atoms with Gasteiger partial charge in [-0.3, -0.25) is 4.79 Å². The maximum atomic E-state index is 14.3. The minimum absolute atomic E-state index is 0.0921. The van der Waals surface area contributed by atoms with E-state index >= 15 is 0 Å². The molecule has 10 atom stereocenters. The van der Waals surface area contributed by atoms with Crippen LogP contribution in [0.1, 0.15) is 130 Å². The van der Waals surface area contributed by atoms with Crippen molar-refractivity contribution in [2.75, 3.05) is 58.9 Å². The Morgan fingerprint density at radius 1 is 0.962 bits per heavy atom. The number of likely N-dealkylation sites (tertiary alicyclic amines) is 2. The SMILES string of the molecule is CCN(CCC1CCN(CC2OC(C34C[C@@H]5[C@H](C)CC[C@H]5C5(C=O)CC3C=C(C(C)C)[C@@]45C(=O)O)CC2CC2CCCC2)CC1)CCN1CCCCC1. The molecule has 0 aromatic rings. The van der Waals surface area contributed by atoms with Crippen LogP contribution in [0.25, 0.3) is 0 Å². The van der Waals surface area contributed by atoms with Crippen molar-refractivity contribution in [3.8, 4) is 0 Å². The van der Waals surface area contributed by atoms with Gasteiger partial charge in [-0.1, -0.05) is 77.9 Å². The predicted molar refractivity (Wildman–Crippen MR) is 212 cm³/mol. The van der Waals surface area contributed by atoms with Crippen LogP contribution in [0.15, 0.2) is 11.6 Å². The lowest BCUT2D eigenvalue weighted by Gasteiger charge is -2.60. The highest BCUT2D eigenvalue weighted by Crippen LogP contribution is 2.84. The standard InChI is InChI=1S/C46H75N3O4/c1-5-47(23-24-48-18-9-6-10-19-48)20-15-34-16-21-49(22-17-34)30-41-36(25-35-11-7-8-12-35)26-42(53-41)45-29-38-33(4)13-14-39(38)44(31-50)28-37(45)27-40(32(2)3)46(44,45)43(51)52/h27,31-39,41-42H,5-26,28-30H2,1-4H3,(H,51,52)/t33-,36?,37?,38-,39-,41?,42?,44?,45?,46+/m1/s1. The fourth-order valence-electron chi connectivity index (χ4n) is 15.1. The Hall–Kier alpha value is -1.28. The van der Waals surface area contributed by atoms with Crippen molar-refractivity contribution in [2.24, 2.45) is 63.6 Å². The summed E-state index contributed by atoms with van der Waals surface area (Å²) >= 11 is 0. The number of allylic oxidation sites excluding steroid dienone is 1. The minimum Gasteiger partial charge on any atom is -0.481 e. The van der Waals surface area contributed by atoms with Gasteiger partial charge < -0.3 is 29.3 Å². The summed E-state index contributed by atoms with van der Waals surface area (Å²) in [5.74, 6) is 2.71. The van der Waals surface area contributed by atoms with Crippen LogP contribution in [0.5, 0.6) is 0 Å². The van der Waals surface area contributed by atoms with Gasteiger partial charge in [0.2, 0.25) is 0 Å². The Balaban J connectivity index is 0.978. The maximum absolute atomic E-state index is 14.3. The fraction of sp³-hybridized carbons (Fsp3) is 0.913. The number of likely N-dealkylation sites (N-methyl/N-ethyl adjacent to an activating group) is 1. The molecule has 6 unspecified atom stereocenters. The van der Waals surface area contributed by atoms with Crippen molar-refractivity contribution in [3.05, 3.63) is 11.6 Å². The van der Waals surface area contributed by atoms with Crippen LogP contribution in [0.3, 0.4) is 0 Å². The summed E-state index contributed by atoms with van der Waals surface area (Å²) in [5, 5.41) is 11.7. The average molecular weight is 734 g/mol. The van der Waals surface area contributed by atoms with Crippen LogP contribution in [-0.2, 0) is 14.3 Å². The molecule has 7 fully saturated rings. The van der Waals surface area contributed by atoms with Gasteiger partial charge in [0.1, 0.15) is 11.7 Å². The highest BCUT2D eigenvalue weighted by molar-refractivity contribution is 5.90. The number of carboxylic acid groups (broad SMARTS) is 1. The first-order valence-corrected chi connectivity index (χ1v) is 22.9. The first-order chi connectivity index (χ1) is 25.7. The number of ether oxygens (including phenoxy) is 1. The van der Waals surface area contributed by atoms with Gasteiger partial charge >= 0.3 is 5.97 Å². The largest absolute Gasteiger partial charge is 0.481 e. The molecule has 4 bridgehead atoms. The van der Waals surface area contributed by atoms with Crippen LogP contribution >= 0.6 is 0 Å². The molecule has 0 aromatic carbocycles. The summed E-state index contributed by atoms with van der Waals surface area (Å²) in [6.07, 6.45) is 23.0. The van der Waals surface area contributed by atoms with E-state index in [-0.39, 0.29) is 30.0 Å². The number of piperidine rings is 2. The number of aliphatic carboxylic acids is 1. The van der Waals surface area contributed by atoms with E-state index in [1.807, 2.05) is 0 Å². The lowest BCUT2D eigenvalue weighted by Crippen LogP contribution is -2.65. The third-order valence-electron chi connectivity index (χ3n) is 17.7. The van der Waals surface area contributed by atoms with Gasteiger partial charge in [-0.25, -0.2) is 0 Å². The third kappa shape index (κ3) is 6.35. The lowest BCUT2D eigenvalue weighted by atomic mass is 9.41. The number of nitrogens with zero attached hydrogens (tertiary/aromatic N) is 3. The number of hydrogen-bond donors (Lipinski definition) is 1. The molecule has 298 valence electrons. The van der Waals surface area contributed by atoms with E-state index in [1.54, 1.807) is 0 Å². The summed E-state index contributed by atoms with van der Waals surface area (Å²) in [6, 6.07) is 0. The quantitative estimate of drug-likeness (QED) is 0.135. The van der Waals surface area contributed by atoms with E-state index in [9.17, 15) is 14.7 Å². The smallest absolute Gasteiger partial charge is 0.315 e. The number of hydrogen-bond acceptors (Lipinski definition) is 6. The van der Waals surface area contributed by atoms with E-state index < -0.39 is 22.2 Å². The monoisotopic (exact) mass is 734 g/mol. The summed E-state index contributed by atoms with van der Waals surface area (Å²) < 4.78 is 7.54. The molecule has 5 aliphatic carbocycles. The van der Waals surface area contributed by atoms with E-state index in [0.29, 0.717) is 24.2 Å². The van der Waals surface area contributed by atoms with Crippen molar-refractivity contribution in [1.29, 1.82) is 0 Å². The molecule has 7 nitrogen and oxygen atoms in total. The molecule has 53 heavy (non-hydrogen) atoms. The van der Waals surface area contributed by atoms with E-state index in [4.69, 9.17) is 4.74 Å². The van der Waals surface area contributed by atoms with E-state index in [1.165, 1.54) is 110 Å². The number of aldehydes is 1. The summed E-state index contributed by atoms with van der Waals surface area (Å²) in [4.78, 5) is 36.1. The summed E-state index contributed by atoms with van der Waals surface area (Å²) in [7, 11) is 0. The van der Waals surface area contributed by atoms with E-state index in [0.717, 1.165) is 69.3 Å². The number of carbonyl (C=O) groups is 2. The lowest BCUT2D eigenvalue weighted by molar-refractivity contribution is -0.197. The summed E-state index contributed by atoms with van der Waals surface area (Å²) in [5.41, 5.74) is -1.41. The Morgan fingerprint density at radius 3 is 2.40 bits per heavy atom. The second-order valence-corrected chi connectivity index (χ2v) is 20.3. The maximum Gasteiger partial charge on any atom is 0.315 e. The topological polar surface area (TPSA) is 73.3 Å². The Bertz CT molecular complexity index is 1330. The van der Waals surface area contributed by atoms with Gasteiger partial charge in [0.05, 0.1) is 17.6 Å². The van der Waals surface area contributed by atoms with Gasteiger partial charge in [0.15, 0.2) is 0 Å². The molecule has 8 aliphatic rings. The Morgan fingerprint density at radius 2 is 1.72 bits per heavy atom. The Labute approximate surface area is 322 Å². The second-order valence-electron chi connectivity index (χ2n) is 20.3. The Kier molecular flexibility index (Phi) is 11.3. The molecule has 0 amide bonds. The van der Waals surface area contributed by atoms with Crippen LogP contribution in [-0.4, -0.2) is 103 Å². The van der Waals surface area contributed by atoms with E-state index in [2.05, 4.69) is 48.5 Å². The van der Waals surface area contributed by atoms with Gasteiger partial charge in [-0.05, 0) is 151 Å². The molecule has 0 aromatic heterocycles. The number of fused-ring (bicyclic) bond motifs is 2. The third-order valence-corrected chi connectivity index (χ3v) is 17.7. The van der Waals surface area contributed by atoms with Crippen molar-refractivity contribution < 1.29 is 19.4 Å².